The molecule has 0 saturated carbocycles. The van der Waals surface area contributed by atoms with Gasteiger partial charge in [0, 0.05) is 10.6 Å². The summed E-state index contributed by atoms with van der Waals surface area (Å²) in [5.41, 5.74) is 2.92. The molecule has 6 nitrogen and oxygen atoms in total. The number of ketones is 1. The first-order chi connectivity index (χ1) is 16.9. The van der Waals surface area contributed by atoms with Crippen LogP contribution in [0.5, 0.6) is 5.75 Å². The number of carbonyl (C=O) groups is 2. The van der Waals surface area contributed by atoms with Crippen LogP contribution in [0.2, 0.25) is 5.02 Å². The molecule has 1 aliphatic rings. The quantitative estimate of drug-likeness (QED) is 0.200. The SMILES string of the molecule is CCc1ccc(C2/C(=C(\O)c3ccc(OC)cc3)C(=O)C(=O)N2c2nc3ccc(Cl)cc3s2)cc1. The third-order valence-corrected chi connectivity index (χ3v) is 7.31. The largest absolute Gasteiger partial charge is 0.507 e. The molecule has 1 aromatic heterocycles. The van der Waals surface area contributed by atoms with Gasteiger partial charge in [0.1, 0.15) is 11.5 Å². The van der Waals surface area contributed by atoms with Gasteiger partial charge in [-0.2, -0.15) is 0 Å². The monoisotopic (exact) mass is 504 g/mol. The lowest BCUT2D eigenvalue weighted by atomic mass is 9.94. The third kappa shape index (κ3) is 4.07. The van der Waals surface area contributed by atoms with Crippen molar-refractivity contribution < 1.29 is 19.4 Å². The number of hydrogen-bond acceptors (Lipinski definition) is 6. The minimum absolute atomic E-state index is 0.0155. The molecule has 1 saturated heterocycles. The van der Waals surface area contributed by atoms with E-state index in [4.69, 9.17) is 16.3 Å². The van der Waals surface area contributed by atoms with Crippen molar-refractivity contribution in [3.05, 3.63) is 94.0 Å². The topological polar surface area (TPSA) is 79.7 Å². The van der Waals surface area contributed by atoms with Gasteiger partial charge in [-0.05, 0) is 60.0 Å². The fourth-order valence-electron chi connectivity index (χ4n) is 4.17. The van der Waals surface area contributed by atoms with E-state index in [1.54, 1.807) is 49.6 Å². The van der Waals surface area contributed by atoms with Crippen molar-refractivity contribution in [2.75, 3.05) is 12.0 Å². The summed E-state index contributed by atoms with van der Waals surface area (Å²) in [6.07, 6.45) is 0.852. The van der Waals surface area contributed by atoms with Crippen LogP contribution < -0.4 is 9.64 Å². The van der Waals surface area contributed by atoms with Gasteiger partial charge in [-0.3, -0.25) is 14.5 Å². The highest BCUT2D eigenvalue weighted by molar-refractivity contribution is 7.22. The molecule has 176 valence electrons. The molecule has 8 heteroatoms. The Morgan fingerprint density at radius 3 is 2.46 bits per heavy atom. The van der Waals surface area contributed by atoms with E-state index in [-0.39, 0.29) is 11.3 Å². The van der Waals surface area contributed by atoms with Crippen LogP contribution in [-0.2, 0) is 16.0 Å². The third-order valence-electron chi connectivity index (χ3n) is 6.06. The fourth-order valence-corrected chi connectivity index (χ4v) is 5.44. The van der Waals surface area contributed by atoms with Crippen molar-refractivity contribution in [3.8, 4) is 5.75 Å². The van der Waals surface area contributed by atoms with Gasteiger partial charge in [0.15, 0.2) is 5.13 Å². The molecule has 1 amide bonds. The number of nitrogens with zero attached hydrogens (tertiary/aromatic N) is 2. The molecule has 5 rings (SSSR count). The summed E-state index contributed by atoms with van der Waals surface area (Å²) in [6.45, 7) is 2.05. The molecular formula is C27H21ClN2O4S. The zero-order valence-electron chi connectivity index (χ0n) is 19.0. The number of aliphatic hydroxyl groups is 1. The Kier molecular flexibility index (Phi) is 6.05. The molecule has 3 aromatic carbocycles. The molecule has 1 unspecified atom stereocenters. The molecule has 0 aliphatic carbocycles. The Bertz CT molecular complexity index is 1480. The Balaban J connectivity index is 1.70. The van der Waals surface area contributed by atoms with E-state index < -0.39 is 17.7 Å². The number of hydrogen-bond donors (Lipinski definition) is 1. The first kappa shape index (κ1) is 23.1. The number of methoxy groups -OCH3 is 1. The van der Waals surface area contributed by atoms with E-state index in [2.05, 4.69) is 11.9 Å². The van der Waals surface area contributed by atoms with Crippen molar-refractivity contribution >= 4 is 55.7 Å². The second-order valence-corrected chi connectivity index (χ2v) is 9.55. The van der Waals surface area contributed by atoms with Crippen molar-refractivity contribution in [2.45, 2.75) is 19.4 Å². The predicted octanol–water partition coefficient (Wildman–Crippen LogP) is 6.15. The maximum atomic E-state index is 13.4. The summed E-state index contributed by atoms with van der Waals surface area (Å²) in [5.74, 6) is -1.14. The highest BCUT2D eigenvalue weighted by atomic mass is 35.5. The second-order valence-electron chi connectivity index (χ2n) is 8.10. The van der Waals surface area contributed by atoms with Crippen LogP contribution in [0, 0.1) is 0 Å². The molecule has 35 heavy (non-hydrogen) atoms. The highest BCUT2D eigenvalue weighted by Crippen LogP contribution is 2.44. The number of aromatic nitrogens is 1. The lowest BCUT2D eigenvalue weighted by molar-refractivity contribution is -0.132. The van der Waals surface area contributed by atoms with E-state index >= 15 is 0 Å². The second kappa shape index (κ2) is 9.17. The molecule has 4 aromatic rings. The Morgan fingerprint density at radius 2 is 1.80 bits per heavy atom. The van der Waals surface area contributed by atoms with Crippen LogP contribution in [0.4, 0.5) is 5.13 Å². The average molecular weight is 505 g/mol. The summed E-state index contributed by atoms with van der Waals surface area (Å²) in [4.78, 5) is 32.7. The predicted molar refractivity (Wildman–Crippen MR) is 138 cm³/mol. The lowest BCUT2D eigenvalue weighted by Gasteiger charge is -2.23. The molecular weight excluding hydrogens is 484 g/mol. The minimum atomic E-state index is -0.834. The number of anilines is 1. The molecule has 0 spiro atoms. The molecule has 1 fully saturated rings. The summed E-state index contributed by atoms with van der Waals surface area (Å²) >= 11 is 7.41. The summed E-state index contributed by atoms with van der Waals surface area (Å²) < 4.78 is 5.99. The summed E-state index contributed by atoms with van der Waals surface area (Å²) in [6, 6.07) is 18.8. The van der Waals surface area contributed by atoms with E-state index in [9.17, 15) is 14.7 Å². The number of fused-ring (bicyclic) bond motifs is 1. The summed E-state index contributed by atoms with van der Waals surface area (Å²) in [7, 11) is 1.55. The smallest absolute Gasteiger partial charge is 0.301 e. The van der Waals surface area contributed by atoms with Gasteiger partial charge in [-0.25, -0.2) is 4.98 Å². The average Bonchev–Trinajstić information content (AvgIpc) is 3.41. The molecule has 1 atom stereocenters. The number of Topliss-reactive ketones (excluding diaryl/α,β-unsaturated/α-hetero) is 1. The lowest BCUT2D eigenvalue weighted by Crippen LogP contribution is -2.29. The Labute approximate surface area is 211 Å². The van der Waals surface area contributed by atoms with Gasteiger partial charge < -0.3 is 9.84 Å². The van der Waals surface area contributed by atoms with E-state index in [1.165, 1.54) is 16.2 Å². The number of halogens is 1. The molecule has 0 radical (unpaired) electrons. The van der Waals surface area contributed by atoms with E-state index in [1.807, 2.05) is 24.3 Å². The van der Waals surface area contributed by atoms with Gasteiger partial charge >= 0.3 is 5.91 Å². The molecule has 0 bridgehead atoms. The number of aliphatic hydroxyl groups excluding tert-OH is 1. The first-order valence-electron chi connectivity index (χ1n) is 11.0. The highest BCUT2D eigenvalue weighted by Gasteiger charge is 2.48. The van der Waals surface area contributed by atoms with Gasteiger partial charge in [0.2, 0.25) is 0 Å². The van der Waals surface area contributed by atoms with Crippen LogP contribution in [0.15, 0.2) is 72.3 Å². The molecule has 2 heterocycles. The normalized spacial score (nSPS) is 17.3. The van der Waals surface area contributed by atoms with Crippen LogP contribution in [0.25, 0.3) is 16.0 Å². The van der Waals surface area contributed by atoms with Gasteiger partial charge in [0.05, 0.1) is 28.9 Å². The number of amides is 1. The number of aryl methyl sites for hydroxylation is 1. The number of ether oxygens (including phenoxy) is 1. The first-order valence-corrected chi connectivity index (χ1v) is 12.2. The van der Waals surface area contributed by atoms with Gasteiger partial charge in [-0.15, -0.1) is 0 Å². The zero-order chi connectivity index (χ0) is 24.7. The maximum absolute atomic E-state index is 13.4. The van der Waals surface area contributed by atoms with Crippen molar-refractivity contribution in [1.82, 2.24) is 4.98 Å². The van der Waals surface area contributed by atoms with Crippen molar-refractivity contribution in [2.24, 2.45) is 0 Å². The number of benzene rings is 3. The van der Waals surface area contributed by atoms with Crippen LogP contribution in [-0.4, -0.2) is 28.9 Å². The minimum Gasteiger partial charge on any atom is -0.507 e. The van der Waals surface area contributed by atoms with Crippen molar-refractivity contribution in [1.29, 1.82) is 0 Å². The standard InChI is InChI=1S/C27H21ClN2O4S/c1-3-15-4-6-16(7-5-15)23-22(24(31)17-8-11-19(34-2)12-9-17)25(32)26(33)30(23)27-29-20-13-10-18(28)14-21(20)35-27/h4-14,23,31H,3H2,1-2H3/b24-22+. The fraction of sp³-hybridized carbons (Fsp3) is 0.148. The van der Waals surface area contributed by atoms with Crippen LogP contribution in [0.1, 0.15) is 29.7 Å². The van der Waals surface area contributed by atoms with E-state index in [0.717, 1.165) is 16.7 Å². The number of carbonyl (C=O) groups excluding carboxylic acids is 2. The molecule has 1 N–H and O–H groups in total. The van der Waals surface area contributed by atoms with Crippen molar-refractivity contribution in [3.63, 3.8) is 0 Å². The Morgan fingerprint density at radius 1 is 1.09 bits per heavy atom. The summed E-state index contributed by atoms with van der Waals surface area (Å²) in [5, 5.41) is 12.2. The molecule has 1 aliphatic heterocycles. The van der Waals surface area contributed by atoms with E-state index in [0.29, 0.717) is 32.5 Å². The number of thiazole rings is 1. The van der Waals surface area contributed by atoms with Gasteiger partial charge in [0.25, 0.3) is 5.78 Å². The number of rotatable bonds is 5. The zero-order valence-corrected chi connectivity index (χ0v) is 20.6. The Hall–Kier alpha value is -3.68. The maximum Gasteiger partial charge on any atom is 0.301 e. The van der Waals surface area contributed by atoms with Crippen LogP contribution >= 0.6 is 22.9 Å². The van der Waals surface area contributed by atoms with Gasteiger partial charge in [-0.1, -0.05) is 54.1 Å². The van der Waals surface area contributed by atoms with Crippen LogP contribution in [0.3, 0.4) is 0 Å².